The molecule has 0 aliphatic rings. The molecule has 1 amide bonds. The van der Waals surface area contributed by atoms with Crippen molar-refractivity contribution < 1.29 is 4.79 Å². The van der Waals surface area contributed by atoms with Crippen LogP contribution in [0.2, 0.25) is 0 Å². The summed E-state index contributed by atoms with van der Waals surface area (Å²) in [4.78, 5) is 25.2. The molecule has 1 aromatic carbocycles. The predicted octanol–water partition coefficient (Wildman–Crippen LogP) is 1.05. The first-order valence-corrected chi connectivity index (χ1v) is 7.17. The van der Waals surface area contributed by atoms with Gasteiger partial charge in [0.2, 0.25) is 0 Å². The summed E-state index contributed by atoms with van der Waals surface area (Å²) in [5, 5.41) is 0. The third kappa shape index (κ3) is 2.26. The van der Waals surface area contributed by atoms with E-state index in [1.807, 2.05) is 30.3 Å². The Morgan fingerprint density at radius 3 is 2.67 bits per heavy atom. The molecule has 21 heavy (non-hydrogen) atoms. The number of nitrogens with two attached hydrogens (primary N) is 1. The Bertz CT molecular complexity index is 875. The number of imidazole rings is 1. The lowest BCUT2D eigenvalue weighted by molar-refractivity contribution is 0.0957. The van der Waals surface area contributed by atoms with Gasteiger partial charge in [0, 0.05) is 11.9 Å². The van der Waals surface area contributed by atoms with Gasteiger partial charge in [0.25, 0.3) is 5.91 Å². The smallest absolute Gasteiger partial charge is 0.295 e. The van der Waals surface area contributed by atoms with Gasteiger partial charge in [-0.3, -0.25) is 19.4 Å². The second-order valence-corrected chi connectivity index (χ2v) is 5.82. The molecule has 3 rings (SSSR count). The number of thiophene rings is 1. The molecular formula is C14H14N4O2S. The number of carbonyl (C=O) groups is 1. The number of rotatable bonds is 3. The Hall–Kier alpha value is -2.38. The van der Waals surface area contributed by atoms with Gasteiger partial charge < -0.3 is 0 Å². The second kappa shape index (κ2) is 5.19. The predicted molar refractivity (Wildman–Crippen MR) is 82.3 cm³/mol. The summed E-state index contributed by atoms with van der Waals surface area (Å²) >= 11 is 1.33. The van der Waals surface area contributed by atoms with Crippen LogP contribution in [0, 0.1) is 0 Å². The lowest BCUT2D eigenvalue weighted by Crippen LogP contribution is -2.29. The Kier molecular flexibility index (Phi) is 3.36. The maximum absolute atomic E-state index is 12.3. The first kappa shape index (κ1) is 13.6. The maximum Gasteiger partial charge on any atom is 0.329 e. The van der Waals surface area contributed by atoms with E-state index in [0.29, 0.717) is 11.4 Å². The zero-order chi connectivity index (χ0) is 15.0. The van der Waals surface area contributed by atoms with Crippen molar-refractivity contribution in [1.29, 1.82) is 0 Å². The molecule has 3 N–H and O–H groups in total. The van der Waals surface area contributed by atoms with Gasteiger partial charge in [0.15, 0.2) is 0 Å². The van der Waals surface area contributed by atoms with E-state index in [9.17, 15) is 9.59 Å². The summed E-state index contributed by atoms with van der Waals surface area (Å²) in [6.45, 7) is 0.433. The van der Waals surface area contributed by atoms with Crippen LogP contribution in [0.1, 0.15) is 14.5 Å². The van der Waals surface area contributed by atoms with E-state index in [-0.39, 0.29) is 11.6 Å². The van der Waals surface area contributed by atoms with E-state index < -0.39 is 0 Å². The maximum atomic E-state index is 12.3. The number of hydrogen-bond acceptors (Lipinski definition) is 4. The summed E-state index contributed by atoms with van der Waals surface area (Å²) in [7, 11) is 1.75. The SMILES string of the molecule is Cn1c(=O)n(Cc2ccc(C(=O)NN)s2)c2ccccc21. The monoisotopic (exact) mass is 302 g/mol. The number of carbonyl (C=O) groups excluding carboxylic acids is 1. The largest absolute Gasteiger partial charge is 0.329 e. The van der Waals surface area contributed by atoms with Crippen LogP contribution in [0.15, 0.2) is 41.2 Å². The number of para-hydroxylation sites is 2. The minimum Gasteiger partial charge on any atom is -0.295 e. The van der Waals surface area contributed by atoms with Crippen LogP contribution in [0.25, 0.3) is 11.0 Å². The zero-order valence-electron chi connectivity index (χ0n) is 11.4. The quantitative estimate of drug-likeness (QED) is 0.431. The molecule has 0 aliphatic carbocycles. The van der Waals surface area contributed by atoms with Crippen molar-refractivity contribution in [3.8, 4) is 0 Å². The molecule has 0 unspecified atom stereocenters. The van der Waals surface area contributed by atoms with Crippen LogP contribution < -0.4 is 17.0 Å². The summed E-state index contributed by atoms with van der Waals surface area (Å²) in [6, 6.07) is 11.2. The van der Waals surface area contributed by atoms with Crippen LogP contribution in [0.3, 0.4) is 0 Å². The van der Waals surface area contributed by atoms with Crippen LogP contribution in [0.4, 0.5) is 0 Å². The number of nitrogens with zero attached hydrogens (tertiary/aromatic N) is 2. The molecule has 0 saturated carbocycles. The minimum absolute atomic E-state index is 0.0746. The number of amides is 1. The van der Waals surface area contributed by atoms with Crippen molar-refractivity contribution in [2.24, 2.45) is 12.9 Å². The molecule has 2 heterocycles. The summed E-state index contributed by atoms with van der Waals surface area (Å²) in [6.07, 6.45) is 0. The molecule has 3 aromatic rings. The number of hydrogen-bond donors (Lipinski definition) is 2. The van der Waals surface area contributed by atoms with Gasteiger partial charge in [-0.05, 0) is 24.3 Å². The molecule has 0 saturated heterocycles. The fourth-order valence-corrected chi connectivity index (χ4v) is 3.23. The molecule has 108 valence electrons. The lowest BCUT2D eigenvalue weighted by atomic mass is 10.3. The van der Waals surface area contributed by atoms with Crippen LogP contribution in [0.5, 0.6) is 0 Å². The molecule has 0 spiro atoms. The van der Waals surface area contributed by atoms with Crippen molar-refractivity contribution in [3.63, 3.8) is 0 Å². The average molecular weight is 302 g/mol. The molecule has 7 heteroatoms. The standard InChI is InChI=1S/C14H14N4O2S/c1-17-10-4-2-3-5-11(10)18(14(17)20)8-9-6-7-12(21-9)13(19)16-15/h2-7H,8,15H2,1H3,(H,16,19). The van der Waals surface area contributed by atoms with Crippen molar-refractivity contribution >= 4 is 28.3 Å². The molecule has 0 bridgehead atoms. The van der Waals surface area contributed by atoms with E-state index >= 15 is 0 Å². The average Bonchev–Trinajstić information content (AvgIpc) is 3.07. The van der Waals surface area contributed by atoms with Crippen LogP contribution in [-0.2, 0) is 13.6 Å². The first-order chi connectivity index (χ1) is 10.1. The number of fused-ring (bicyclic) bond motifs is 1. The molecule has 0 radical (unpaired) electrons. The fraction of sp³-hybridized carbons (Fsp3) is 0.143. The highest BCUT2D eigenvalue weighted by atomic mass is 32.1. The van der Waals surface area contributed by atoms with E-state index in [4.69, 9.17) is 5.84 Å². The number of nitrogen functional groups attached to an aromatic ring is 1. The Morgan fingerprint density at radius 1 is 1.24 bits per heavy atom. The van der Waals surface area contributed by atoms with Gasteiger partial charge in [-0.1, -0.05) is 12.1 Å². The van der Waals surface area contributed by atoms with Gasteiger partial charge in [-0.15, -0.1) is 11.3 Å². The highest BCUT2D eigenvalue weighted by molar-refractivity contribution is 7.14. The number of benzene rings is 1. The number of nitrogens with one attached hydrogen (secondary N) is 1. The van der Waals surface area contributed by atoms with Gasteiger partial charge in [-0.2, -0.15) is 0 Å². The number of hydrazine groups is 1. The molecule has 0 fully saturated rings. The lowest BCUT2D eigenvalue weighted by Gasteiger charge is -2.00. The summed E-state index contributed by atoms with van der Waals surface area (Å²) < 4.78 is 3.32. The number of aromatic nitrogens is 2. The fourth-order valence-electron chi connectivity index (χ4n) is 2.33. The van der Waals surface area contributed by atoms with E-state index in [0.717, 1.165) is 15.9 Å². The Morgan fingerprint density at radius 2 is 1.95 bits per heavy atom. The third-order valence-electron chi connectivity index (χ3n) is 3.38. The van der Waals surface area contributed by atoms with Gasteiger partial charge >= 0.3 is 5.69 Å². The Balaban J connectivity index is 2.02. The Labute approximate surface area is 124 Å². The molecule has 2 aromatic heterocycles. The van der Waals surface area contributed by atoms with E-state index in [2.05, 4.69) is 5.43 Å². The van der Waals surface area contributed by atoms with E-state index in [1.54, 1.807) is 22.2 Å². The molecule has 0 aliphatic heterocycles. The summed E-state index contributed by atoms with van der Waals surface area (Å²) in [5.41, 5.74) is 3.79. The normalized spacial score (nSPS) is 11.0. The van der Waals surface area contributed by atoms with Gasteiger partial charge in [0.05, 0.1) is 22.5 Å². The molecule has 0 atom stereocenters. The van der Waals surface area contributed by atoms with E-state index in [1.165, 1.54) is 11.3 Å². The van der Waals surface area contributed by atoms with Crippen molar-refractivity contribution in [2.75, 3.05) is 0 Å². The third-order valence-corrected chi connectivity index (χ3v) is 4.45. The van der Waals surface area contributed by atoms with Crippen molar-refractivity contribution in [3.05, 3.63) is 56.6 Å². The first-order valence-electron chi connectivity index (χ1n) is 6.35. The molecule has 6 nitrogen and oxygen atoms in total. The highest BCUT2D eigenvalue weighted by Gasteiger charge is 2.13. The van der Waals surface area contributed by atoms with Gasteiger partial charge in [-0.25, -0.2) is 10.6 Å². The second-order valence-electron chi connectivity index (χ2n) is 4.66. The highest BCUT2D eigenvalue weighted by Crippen LogP contribution is 2.19. The van der Waals surface area contributed by atoms with Crippen molar-refractivity contribution in [1.82, 2.24) is 14.6 Å². The zero-order valence-corrected chi connectivity index (χ0v) is 12.2. The topological polar surface area (TPSA) is 82.0 Å². The minimum atomic E-state index is -0.323. The number of aryl methyl sites for hydroxylation is 1. The summed E-state index contributed by atoms with van der Waals surface area (Å²) in [5.74, 6) is 4.79. The van der Waals surface area contributed by atoms with Crippen molar-refractivity contribution in [2.45, 2.75) is 6.54 Å². The van der Waals surface area contributed by atoms with Crippen LogP contribution >= 0.6 is 11.3 Å². The van der Waals surface area contributed by atoms with Crippen LogP contribution in [-0.4, -0.2) is 15.0 Å². The molecular weight excluding hydrogens is 288 g/mol. The van der Waals surface area contributed by atoms with Gasteiger partial charge in [0.1, 0.15) is 0 Å².